The Morgan fingerprint density at radius 3 is 2.62 bits per heavy atom. The first-order valence-electron chi connectivity index (χ1n) is 7.31. The highest BCUT2D eigenvalue weighted by Gasteiger charge is 2.33. The molecule has 1 heterocycles. The van der Waals surface area contributed by atoms with Crippen LogP contribution in [0.1, 0.15) is 18.1 Å². The summed E-state index contributed by atoms with van der Waals surface area (Å²) in [5.74, 6) is 1.13. The number of rotatable bonds is 4. The molecular formula is C16H12F3N3O4. The maximum Gasteiger partial charge on any atom is 0.416 e. The van der Waals surface area contributed by atoms with Gasteiger partial charge in [0.2, 0.25) is 6.79 Å². The molecule has 0 atom stereocenters. The Bertz CT molecular complexity index is 897. The van der Waals surface area contributed by atoms with Crippen molar-refractivity contribution in [3.8, 4) is 11.5 Å². The number of hydrogen-bond donors (Lipinski definition) is 1. The van der Waals surface area contributed by atoms with Crippen molar-refractivity contribution >= 4 is 17.1 Å². The van der Waals surface area contributed by atoms with E-state index in [9.17, 15) is 23.3 Å². The van der Waals surface area contributed by atoms with Crippen LogP contribution in [0.5, 0.6) is 11.5 Å². The van der Waals surface area contributed by atoms with Gasteiger partial charge in [-0.05, 0) is 37.3 Å². The lowest BCUT2D eigenvalue weighted by Gasteiger charge is -2.09. The van der Waals surface area contributed by atoms with E-state index in [4.69, 9.17) is 9.47 Å². The zero-order valence-corrected chi connectivity index (χ0v) is 13.3. The molecule has 0 saturated carbocycles. The first-order chi connectivity index (χ1) is 12.3. The second-order valence-electron chi connectivity index (χ2n) is 5.36. The Balaban J connectivity index is 1.86. The summed E-state index contributed by atoms with van der Waals surface area (Å²) in [5, 5.41) is 15.1. The van der Waals surface area contributed by atoms with Crippen LogP contribution in [-0.4, -0.2) is 17.4 Å². The Kier molecular flexibility index (Phi) is 4.41. The van der Waals surface area contributed by atoms with Gasteiger partial charge in [-0.2, -0.15) is 18.3 Å². The standard InChI is InChI=1S/C16H12F3N3O4/c1-9(10-2-5-14-15(6-10)26-8-25-14)20-21-12-4-3-11(16(17,18)19)7-13(12)22(23)24/h2-7,21H,8H2,1H3. The molecule has 0 aromatic heterocycles. The van der Waals surface area contributed by atoms with Gasteiger partial charge in [0.1, 0.15) is 5.69 Å². The molecule has 0 aliphatic carbocycles. The molecule has 0 saturated heterocycles. The molecule has 0 unspecified atom stereocenters. The summed E-state index contributed by atoms with van der Waals surface area (Å²) in [6.45, 7) is 1.76. The summed E-state index contributed by atoms with van der Waals surface area (Å²) in [6, 6.07) is 7.28. The van der Waals surface area contributed by atoms with Gasteiger partial charge in [-0.25, -0.2) is 0 Å². The van der Waals surface area contributed by atoms with Crippen molar-refractivity contribution in [2.45, 2.75) is 13.1 Å². The normalized spacial score (nSPS) is 13.6. The summed E-state index contributed by atoms with van der Waals surface area (Å²) in [5.41, 5.74) is 1.59. The topological polar surface area (TPSA) is 86.0 Å². The second-order valence-corrected chi connectivity index (χ2v) is 5.36. The lowest BCUT2D eigenvalue weighted by molar-refractivity contribution is -0.384. The molecule has 26 heavy (non-hydrogen) atoms. The molecule has 7 nitrogen and oxygen atoms in total. The van der Waals surface area contributed by atoms with Crippen molar-refractivity contribution in [2.75, 3.05) is 12.2 Å². The van der Waals surface area contributed by atoms with Crippen LogP contribution < -0.4 is 14.9 Å². The zero-order valence-electron chi connectivity index (χ0n) is 13.3. The van der Waals surface area contributed by atoms with Gasteiger partial charge in [-0.3, -0.25) is 15.5 Å². The molecule has 0 amide bonds. The van der Waals surface area contributed by atoms with Crippen LogP contribution >= 0.6 is 0 Å². The summed E-state index contributed by atoms with van der Waals surface area (Å²) in [4.78, 5) is 10.2. The quantitative estimate of drug-likeness (QED) is 0.498. The van der Waals surface area contributed by atoms with Gasteiger partial charge in [0.15, 0.2) is 11.5 Å². The summed E-state index contributed by atoms with van der Waals surface area (Å²) in [6.07, 6.45) is -4.67. The SMILES string of the molecule is CC(=NNc1ccc(C(F)(F)F)cc1[N+](=O)[O-])c1ccc2c(c1)OCO2. The third-order valence-corrected chi connectivity index (χ3v) is 3.66. The number of anilines is 1. The highest BCUT2D eigenvalue weighted by molar-refractivity contribution is 5.99. The Morgan fingerprint density at radius 2 is 1.92 bits per heavy atom. The van der Waals surface area contributed by atoms with E-state index in [1.165, 1.54) is 0 Å². The van der Waals surface area contributed by atoms with E-state index >= 15 is 0 Å². The number of alkyl halides is 3. The van der Waals surface area contributed by atoms with Crippen molar-refractivity contribution < 1.29 is 27.6 Å². The lowest BCUT2D eigenvalue weighted by atomic mass is 10.1. The minimum Gasteiger partial charge on any atom is -0.454 e. The molecule has 10 heteroatoms. The number of fused-ring (bicyclic) bond motifs is 1. The van der Waals surface area contributed by atoms with E-state index in [2.05, 4.69) is 10.5 Å². The number of hydrazone groups is 1. The molecule has 2 aromatic carbocycles. The Hall–Kier alpha value is -3.30. The van der Waals surface area contributed by atoms with Gasteiger partial charge in [0.25, 0.3) is 5.69 Å². The third kappa shape index (κ3) is 3.53. The average molecular weight is 367 g/mol. The van der Waals surface area contributed by atoms with Crippen molar-refractivity contribution in [3.63, 3.8) is 0 Å². The molecule has 0 fully saturated rings. The zero-order chi connectivity index (χ0) is 18.9. The van der Waals surface area contributed by atoms with E-state index in [1.54, 1.807) is 25.1 Å². The van der Waals surface area contributed by atoms with E-state index in [0.29, 0.717) is 28.8 Å². The van der Waals surface area contributed by atoms with Crippen molar-refractivity contribution in [3.05, 3.63) is 57.6 Å². The summed E-state index contributed by atoms with van der Waals surface area (Å²) in [7, 11) is 0. The molecule has 1 aliphatic rings. The molecule has 0 radical (unpaired) electrons. The summed E-state index contributed by atoms with van der Waals surface area (Å²) < 4.78 is 48.6. The lowest BCUT2D eigenvalue weighted by Crippen LogP contribution is -2.07. The number of halogens is 3. The first kappa shape index (κ1) is 17.5. The molecule has 2 aromatic rings. The Labute approximate surface area is 145 Å². The maximum absolute atomic E-state index is 12.7. The molecule has 3 rings (SSSR count). The molecule has 136 valence electrons. The fourth-order valence-corrected chi connectivity index (χ4v) is 2.28. The van der Waals surface area contributed by atoms with Crippen molar-refractivity contribution in [1.82, 2.24) is 0 Å². The largest absolute Gasteiger partial charge is 0.454 e. The first-order valence-corrected chi connectivity index (χ1v) is 7.31. The monoisotopic (exact) mass is 367 g/mol. The number of nitro groups is 1. The van der Waals surface area contributed by atoms with Crippen LogP contribution in [-0.2, 0) is 6.18 Å². The summed E-state index contributed by atoms with van der Waals surface area (Å²) >= 11 is 0. The average Bonchev–Trinajstić information content (AvgIpc) is 3.06. The smallest absolute Gasteiger partial charge is 0.416 e. The van der Waals surface area contributed by atoms with Crippen LogP contribution in [0.2, 0.25) is 0 Å². The van der Waals surface area contributed by atoms with Crippen LogP contribution in [0.4, 0.5) is 24.5 Å². The van der Waals surface area contributed by atoms with E-state index in [1.807, 2.05) is 0 Å². The molecule has 0 bridgehead atoms. The van der Waals surface area contributed by atoms with Gasteiger partial charge in [-0.1, -0.05) is 0 Å². The predicted molar refractivity (Wildman–Crippen MR) is 86.5 cm³/mol. The second kappa shape index (κ2) is 6.54. The number of nitrogens with zero attached hydrogens (tertiary/aromatic N) is 2. The number of benzene rings is 2. The van der Waals surface area contributed by atoms with Crippen molar-refractivity contribution in [1.29, 1.82) is 0 Å². The fraction of sp³-hybridized carbons (Fsp3) is 0.188. The van der Waals surface area contributed by atoms with Crippen LogP contribution in [0.25, 0.3) is 0 Å². The number of hydrogen-bond acceptors (Lipinski definition) is 6. The van der Waals surface area contributed by atoms with Gasteiger partial charge in [0.05, 0.1) is 16.2 Å². The van der Waals surface area contributed by atoms with Crippen LogP contribution in [0, 0.1) is 10.1 Å². The number of nitrogens with one attached hydrogen (secondary N) is 1. The van der Waals surface area contributed by atoms with E-state index in [0.717, 1.165) is 12.1 Å². The van der Waals surface area contributed by atoms with Crippen LogP contribution in [0.15, 0.2) is 41.5 Å². The number of ether oxygens (including phenoxy) is 2. The molecule has 0 spiro atoms. The minimum atomic E-state index is -4.67. The maximum atomic E-state index is 12.7. The fourth-order valence-electron chi connectivity index (χ4n) is 2.28. The van der Waals surface area contributed by atoms with Gasteiger partial charge < -0.3 is 9.47 Å². The predicted octanol–water partition coefficient (Wildman–Crippen LogP) is 4.18. The van der Waals surface area contributed by atoms with Gasteiger partial charge in [-0.15, -0.1) is 0 Å². The minimum absolute atomic E-state index is 0.116. The van der Waals surface area contributed by atoms with Gasteiger partial charge in [0, 0.05) is 11.6 Å². The van der Waals surface area contributed by atoms with E-state index < -0.39 is 22.4 Å². The molecule has 1 aliphatic heterocycles. The highest BCUT2D eigenvalue weighted by atomic mass is 19.4. The van der Waals surface area contributed by atoms with Crippen molar-refractivity contribution in [2.24, 2.45) is 5.10 Å². The molecular weight excluding hydrogens is 355 g/mol. The molecule has 1 N–H and O–H groups in total. The third-order valence-electron chi connectivity index (χ3n) is 3.66. The number of nitro benzene ring substituents is 1. The van der Waals surface area contributed by atoms with Crippen LogP contribution in [0.3, 0.4) is 0 Å². The highest BCUT2D eigenvalue weighted by Crippen LogP contribution is 2.35. The Morgan fingerprint density at radius 1 is 1.19 bits per heavy atom. The van der Waals surface area contributed by atoms with Gasteiger partial charge >= 0.3 is 6.18 Å². The van der Waals surface area contributed by atoms with E-state index in [-0.39, 0.29) is 12.5 Å².